The molecule has 17 heavy (non-hydrogen) atoms. The third-order valence-electron chi connectivity index (χ3n) is 2.47. The summed E-state index contributed by atoms with van der Waals surface area (Å²) in [4.78, 5) is 11.8. The van der Waals surface area contributed by atoms with Gasteiger partial charge < -0.3 is 4.57 Å². The summed E-state index contributed by atoms with van der Waals surface area (Å²) in [6, 6.07) is 9.67. The van der Waals surface area contributed by atoms with Crippen molar-refractivity contribution in [1.82, 2.24) is 4.57 Å². The van der Waals surface area contributed by atoms with Gasteiger partial charge in [0.2, 0.25) is 5.78 Å². The number of benzene rings is 1. The third-order valence-corrected chi connectivity index (χ3v) is 2.47. The first-order valence-corrected chi connectivity index (χ1v) is 5.26. The van der Waals surface area contributed by atoms with Crippen molar-refractivity contribution < 1.29 is 9.18 Å². The van der Waals surface area contributed by atoms with Gasteiger partial charge in [-0.05, 0) is 35.9 Å². The molecule has 0 amide bonds. The number of rotatable bonds is 3. The summed E-state index contributed by atoms with van der Waals surface area (Å²) in [5.74, 6) is -0.403. The average Bonchev–Trinajstić information content (AvgIpc) is 2.72. The fourth-order valence-corrected chi connectivity index (χ4v) is 1.58. The van der Waals surface area contributed by atoms with E-state index in [9.17, 15) is 9.18 Å². The summed E-state index contributed by atoms with van der Waals surface area (Å²) in [5.41, 5.74) is 1.28. The number of carbonyl (C=O) groups is 1. The molecule has 1 aromatic heterocycles. The van der Waals surface area contributed by atoms with Gasteiger partial charge in [-0.15, -0.1) is 0 Å². The highest BCUT2D eigenvalue weighted by molar-refractivity contribution is 6.05. The van der Waals surface area contributed by atoms with E-state index in [4.69, 9.17) is 0 Å². The van der Waals surface area contributed by atoms with E-state index in [1.807, 2.05) is 19.3 Å². The lowest BCUT2D eigenvalue weighted by Crippen LogP contribution is -2.01. The standard InChI is InChI=1S/C14H12FNO/c1-16-9-3-6-13(16)14(17)8-7-11-4-2-5-12(15)10-11/h2-10H,1H3/b8-7+. The number of halogens is 1. The maximum Gasteiger partial charge on any atom is 0.202 e. The van der Waals surface area contributed by atoms with Gasteiger partial charge in [0.1, 0.15) is 5.82 Å². The van der Waals surface area contributed by atoms with Crippen molar-refractivity contribution >= 4 is 11.9 Å². The summed E-state index contributed by atoms with van der Waals surface area (Å²) in [6.45, 7) is 0. The number of allylic oxidation sites excluding steroid dienone is 1. The highest BCUT2D eigenvalue weighted by Crippen LogP contribution is 2.07. The Morgan fingerprint density at radius 1 is 1.29 bits per heavy atom. The lowest BCUT2D eigenvalue weighted by Gasteiger charge is -1.97. The second-order valence-corrected chi connectivity index (χ2v) is 3.76. The fraction of sp³-hybridized carbons (Fsp3) is 0.0714. The zero-order chi connectivity index (χ0) is 12.3. The van der Waals surface area contributed by atoms with Crippen molar-refractivity contribution in [1.29, 1.82) is 0 Å². The maximum atomic E-state index is 12.9. The molecule has 3 heteroatoms. The van der Waals surface area contributed by atoms with Gasteiger partial charge >= 0.3 is 0 Å². The van der Waals surface area contributed by atoms with Crippen molar-refractivity contribution in [3.05, 3.63) is 65.7 Å². The van der Waals surface area contributed by atoms with Gasteiger partial charge in [-0.1, -0.05) is 18.2 Å². The van der Waals surface area contributed by atoms with Crippen LogP contribution in [0.25, 0.3) is 6.08 Å². The van der Waals surface area contributed by atoms with Crippen molar-refractivity contribution in [2.24, 2.45) is 7.05 Å². The van der Waals surface area contributed by atoms with Gasteiger partial charge in [0.15, 0.2) is 0 Å². The van der Waals surface area contributed by atoms with Gasteiger partial charge in [0, 0.05) is 13.2 Å². The molecule has 0 spiro atoms. The van der Waals surface area contributed by atoms with Crippen LogP contribution in [0.5, 0.6) is 0 Å². The van der Waals surface area contributed by atoms with Crippen LogP contribution in [0.2, 0.25) is 0 Å². The Bertz CT molecular complexity index is 569. The topological polar surface area (TPSA) is 22.0 Å². The molecule has 0 aliphatic rings. The minimum Gasteiger partial charge on any atom is -0.348 e. The van der Waals surface area contributed by atoms with E-state index < -0.39 is 0 Å². The molecule has 2 rings (SSSR count). The molecule has 0 unspecified atom stereocenters. The van der Waals surface area contributed by atoms with Crippen molar-refractivity contribution in [3.63, 3.8) is 0 Å². The molecule has 0 atom stereocenters. The van der Waals surface area contributed by atoms with Gasteiger partial charge in [-0.25, -0.2) is 4.39 Å². The predicted octanol–water partition coefficient (Wildman–Crippen LogP) is 3.06. The second-order valence-electron chi connectivity index (χ2n) is 3.76. The van der Waals surface area contributed by atoms with Gasteiger partial charge in [0.25, 0.3) is 0 Å². The van der Waals surface area contributed by atoms with Crippen molar-refractivity contribution in [2.75, 3.05) is 0 Å². The van der Waals surface area contributed by atoms with E-state index in [0.29, 0.717) is 11.3 Å². The smallest absolute Gasteiger partial charge is 0.202 e. The molecule has 0 saturated heterocycles. The van der Waals surface area contributed by atoms with E-state index in [-0.39, 0.29) is 11.6 Å². The highest BCUT2D eigenvalue weighted by atomic mass is 19.1. The predicted molar refractivity (Wildman–Crippen MR) is 65.2 cm³/mol. The Morgan fingerprint density at radius 2 is 2.12 bits per heavy atom. The molecule has 2 aromatic rings. The molecule has 0 aliphatic heterocycles. The average molecular weight is 229 g/mol. The number of ketones is 1. The largest absolute Gasteiger partial charge is 0.348 e. The first-order chi connectivity index (χ1) is 8.16. The quantitative estimate of drug-likeness (QED) is 0.585. The van der Waals surface area contributed by atoms with Crippen molar-refractivity contribution in [3.8, 4) is 0 Å². The molecule has 2 nitrogen and oxygen atoms in total. The van der Waals surface area contributed by atoms with E-state index in [2.05, 4.69) is 0 Å². The van der Waals surface area contributed by atoms with E-state index in [0.717, 1.165) is 0 Å². The molecular weight excluding hydrogens is 217 g/mol. The van der Waals surface area contributed by atoms with E-state index in [1.54, 1.807) is 28.8 Å². The number of aromatic nitrogens is 1. The minimum absolute atomic E-state index is 0.0956. The van der Waals surface area contributed by atoms with Gasteiger partial charge in [-0.3, -0.25) is 4.79 Å². The second kappa shape index (κ2) is 4.78. The molecular formula is C14H12FNO. The molecule has 1 aromatic carbocycles. The van der Waals surface area contributed by atoms with Crippen LogP contribution in [0, 0.1) is 5.82 Å². The summed E-state index contributed by atoms with van der Waals surface area (Å²) in [7, 11) is 1.81. The van der Waals surface area contributed by atoms with Crippen LogP contribution in [0.15, 0.2) is 48.7 Å². The first-order valence-electron chi connectivity index (χ1n) is 5.26. The Kier molecular flexibility index (Phi) is 3.19. The van der Waals surface area contributed by atoms with Gasteiger partial charge in [-0.2, -0.15) is 0 Å². The minimum atomic E-state index is -0.307. The van der Waals surface area contributed by atoms with Gasteiger partial charge in [0.05, 0.1) is 5.69 Å². The SMILES string of the molecule is Cn1cccc1C(=O)/C=C/c1cccc(F)c1. The zero-order valence-corrected chi connectivity index (χ0v) is 9.43. The monoisotopic (exact) mass is 229 g/mol. The van der Waals surface area contributed by atoms with Crippen LogP contribution >= 0.6 is 0 Å². The molecule has 0 bridgehead atoms. The lowest BCUT2D eigenvalue weighted by atomic mass is 10.1. The Hall–Kier alpha value is -2.16. The fourth-order valence-electron chi connectivity index (χ4n) is 1.58. The summed E-state index contributed by atoms with van der Waals surface area (Å²) in [6.07, 6.45) is 4.87. The first kappa shape index (κ1) is 11.3. The van der Waals surface area contributed by atoms with Crippen LogP contribution in [0.4, 0.5) is 4.39 Å². The molecule has 86 valence electrons. The van der Waals surface area contributed by atoms with Crippen LogP contribution in [-0.4, -0.2) is 10.4 Å². The molecule has 0 radical (unpaired) electrons. The number of carbonyl (C=O) groups excluding carboxylic acids is 1. The number of nitrogens with zero attached hydrogens (tertiary/aromatic N) is 1. The van der Waals surface area contributed by atoms with Crippen LogP contribution in [-0.2, 0) is 7.05 Å². The molecule has 1 heterocycles. The van der Waals surface area contributed by atoms with Crippen LogP contribution < -0.4 is 0 Å². The van der Waals surface area contributed by atoms with E-state index in [1.165, 1.54) is 18.2 Å². The van der Waals surface area contributed by atoms with E-state index >= 15 is 0 Å². The number of aryl methyl sites for hydroxylation is 1. The zero-order valence-electron chi connectivity index (χ0n) is 9.43. The molecule has 0 N–H and O–H groups in total. The van der Waals surface area contributed by atoms with Crippen molar-refractivity contribution in [2.45, 2.75) is 0 Å². The molecule has 0 aliphatic carbocycles. The number of hydrogen-bond donors (Lipinski definition) is 0. The molecule has 0 saturated carbocycles. The third kappa shape index (κ3) is 2.69. The van der Waals surface area contributed by atoms with Crippen LogP contribution in [0.3, 0.4) is 0 Å². The summed E-state index contributed by atoms with van der Waals surface area (Å²) in [5, 5.41) is 0. The summed E-state index contributed by atoms with van der Waals surface area (Å²) < 4.78 is 14.7. The normalized spacial score (nSPS) is 10.9. The molecule has 0 fully saturated rings. The lowest BCUT2D eigenvalue weighted by molar-refractivity contribution is 0.104. The number of hydrogen-bond acceptors (Lipinski definition) is 1. The highest BCUT2D eigenvalue weighted by Gasteiger charge is 2.04. The summed E-state index contributed by atoms with van der Waals surface area (Å²) >= 11 is 0. The Balaban J connectivity index is 2.17. The van der Waals surface area contributed by atoms with Crippen LogP contribution in [0.1, 0.15) is 16.1 Å². The maximum absolute atomic E-state index is 12.9. The Morgan fingerprint density at radius 3 is 2.76 bits per heavy atom. The Labute approximate surface area is 99.0 Å².